The summed E-state index contributed by atoms with van der Waals surface area (Å²) in [5, 5.41) is 3.20. The van der Waals surface area contributed by atoms with Gasteiger partial charge in [0.05, 0.1) is 5.56 Å². The monoisotopic (exact) mass is 338 g/mol. The number of nitrogens with one attached hydrogen (secondary N) is 1. The van der Waals surface area contributed by atoms with Gasteiger partial charge in [-0.2, -0.15) is 0 Å². The van der Waals surface area contributed by atoms with Crippen molar-refractivity contribution in [3.05, 3.63) is 58.3 Å². The molecule has 0 radical (unpaired) electrons. The molecule has 2 aromatic rings. The highest BCUT2D eigenvalue weighted by molar-refractivity contribution is 6.32. The van der Waals surface area contributed by atoms with Gasteiger partial charge in [0.25, 0.3) is 5.91 Å². The van der Waals surface area contributed by atoms with E-state index in [2.05, 4.69) is 10.3 Å². The molecule has 1 heterocycles. The minimum atomic E-state index is -0.987. The van der Waals surface area contributed by atoms with Gasteiger partial charge >= 0.3 is 5.97 Å². The number of carbonyl (C=O) groups excluding carboxylic acids is 2. The Labute approximate surface area is 137 Å². The molecule has 1 aromatic heterocycles. The number of rotatable bonds is 4. The van der Waals surface area contributed by atoms with Crippen LogP contribution in [0.1, 0.15) is 17.3 Å². The van der Waals surface area contributed by atoms with Crippen LogP contribution in [0.15, 0.2) is 42.6 Å². The molecule has 0 aliphatic carbocycles. The predicted octanol–water partition coefficient (Wildman–Crippen LogP) is 3.57. The normalized spacial score (nSPS) is 11.6. The maximum absolute atomic E-state index is 12.0. The van der Waals surface area contributed by atoms with Crippen LogP contribution in [-0.2, 0) is 9.53 Å². The summed E-state index contributed by atoms with van der Waals surface area (Å²) in [5.41, 5.74) is 0.659. The Bertz CT molecular complexity index is 689. The van der Waals surface area contributed by atoms with Crippen LogP contribution in [0.5, 0.6) is 0 Å². The number of ether oxygens (including phenoxy) is 1. The molecule has 114 valence electrons. The van der Waals surface area contributed by atoms with E-state index in [0.29, 0.717) is 10.7 Å². The molecule has 1 aromatic carbocycles. The highest BCUT2D eigenvalue weighted by atomic mass is 35.5. The predicted molar refractivity (Wildman–Crippen MR) is 84.2 cm³/mol. The van der Waals surface area contributed by atoms with Gasteiger partial charge < -0.3 is 10.1 Å². The summed E-state index contributed by atoms with van der Waals surface area (Å²) in [6.07, 6.45) is 0.468. The van der Waals surface area contributed by atoms with Gasteiger partial charge in [0.2, 0.25) is 0 Å². The van der Waals surface area contributed by atoms with Crippen LogP contribution in [0.4, 0.5) is 5.69 Å². The first-order chi connectivity index (χ1) is 10.5. The number of hydrogen-bond acceptors (Lipinski definition) is 4. The molecule has 0 saturated heterocycles. The van der Waals surface area contributed by atoms with Crippen LogP contribution >= 0.6 is 23.2 Å². The molecule has 0 fully saturated rings. The largest absolute Gasteiger partial charge is 0.449 e. The van der Waals surface area contributed by atoms with Gasteiger partial charge in [0.15, 0.2) is 6.10 Å². The second kappa shape index (κ2) is 7.24. The van der Waals surface area contributed by atoms with Crippen LogP contribution in [0.25, 0.3) is 0 Å². The number of hydrogen-bond donors (Lipinski definition) is 1. The average Bonchev–Trinajstić information content (AvgIpc) is 2.49. The van der Waals surface area contributed by atoms with Gasteiger partial charge in [-0.25, -0.2) is 9.78 Å². The Balaban J connectivity index is 1.98. The molecule has 1 atom stereocenters. The Hall–Kier alpha value is -2.11. The second-order valence-electron chi connectivity index (χ2n) is 4.39. The van der Waals surface area contributed by atoms with Crippen LogP contribution in [-0.4, -0.2) is 23.0 Å². The minimum absolute atomic E-state index is 0.0257. The third kappa shape index (κ3) is 4.19. The lowest BCUT2D eigenvalue weighted by molar-refractivity contribution is -0.123. The molecule has 2 rings (SSSR count). The quantitative estimate of drug-likeness (QED) is 0.683. The fourth-order valence-corrected chi connectivity index (χ4v) is 1.92. The number of pyridine rings is 1. The number of nitrogens with zero attached hydrogens (tertiary/aromatic N) is 1. The molecule has 0 spiro atoms. The zero-order chi connectivity index (χ0) is 16.1. The van der Waals surface area contributed by atoms with Gasteiger partial charge in [0.1, 0.15) is 5.15 Å². The lowest BCUT2D eigenvalue weighted by Crippen LogP contribution is -2.30. The molecule has 0 aliphatic heterocycles. The Morgan fingerprint density at radius 3 is 2.50 bits per heavy atom. The maximum Gasteiger partial charge on any atom is 0.342 e. The molecule has 22 heavy (non-hydrogen) atoms. The van der Waals surface area contributed by atoms with Gasteiger partial charge in [-0.1, -0.05) is 23.2 Å². The molecule has 0 unspecified atom stereocenters. The first kappa shape index (κ1) is 16.3. The van der Waals surface area contributed by atoms with Gasteiger partial charge in [-0.15, -0.1) is 0 Å². The number of benzene rings is 1. The molecular formula is C15H12Cl2N2O3. The molecular weight excluding hydrogens is 327 g/mol. The van der Waals surface area contributed by atoms with Crippen LogP contribution in [0.3, 0.4) is 0 Å². The Kier molecular flexibility index (Phi) is 5.35. The van der Waals surface area contributed by atoms with Crippen molar-refractivity contribution in [2.75, 3.05) is 5.32 Å². The smallest absolute Gasteiger partial charge is 0.342 e. The third-order valence-electron chi connectivity index (χ3n) is 2.74. The summed E-state index contributed by atoms with van der Waals surface area (Å²) in [7, 11) is 0. The molecule has 0 aliphatic rings. The van der Waals surface area contributed by atoms with E-state index in [-0.39, 0.29) is 10.7 Å². The Morgan fingerprint density at radius 1 is 1.18 bits per heavy atom. The summed E-state index contributed by atoms with van der Waals surface area (Å²) in [6, 6.07) is 9.61. The summed E-state index contributed by atoms with van der Waals surface area (Å²) in [5.74, 6) is -1.17. The van der Waals surface area contributed by atoms with E-state index >= 15 is 0 Å². The minimum Gasteiger partial charge on any atom is -0.449 e. The zero-order valence-corrected chi connectivity index (χ0v) is 13.1. The van der Waals surface area contributed by atoms with Crippen molar-refractivity contribution in [1.82, 2.24) is 4.98 Å². The lowest BCUT2D eigenvalue weighted by atomic mass is 10.2. The van der Waals surface area contributed by atoms with E-state index in [1.165, 1.54) is 19.2 Å². The van der Waals surface area contributed by atoms with Crippen molar-refractivity contribution in [3.63, 3.8) is 0 Å². The highest BCUT2D eigenvalue weighted by Gasteiger charge is 2.20. The standard InChI is InChI=1S/C15H12Cl2N2O3/c1-9(14(20)19-11-6-4-10(16)5-7-11)22-15(21)12-3-2-8-18-13(12)17/h2-9H,1H3,(H,19,20)/t9-/m1/s1. The van der Waals surface area contributed by atoms with Gasteiger partial charge in [-0.3, -0.25) is 4.79 Å². The summed E-state index contributed by atoms with van der Waals surface area (Å²) >= 11 is 11.6. The van der Waals surface area contributed by atoms with E-state index in [1.807, 2.05) is 0 Å². The van der Waals surface area contributed by atoms with Crippen LogP contribution < -0.4 is 5.32 Å². The first-order valence-corrected chi connectivity index (χ1v) is 7.11. The van der Waals surface area contributed by atoms with Gasteiger partial charge in [0, 0.05) is 16.9 Å². The van der Waals surface area contributed by atoms with Crippen molar-refractivity contribution in [2.24, 2.45) is 0 Å². The van der Waals surface area contributed by atoms with Crippen molar-refractivity contribution in [1.29, 1.82) is 0 Å². The molecule has 0 saturated carbocycles. The number of aromatic nitrogens is 1. The maximum atomic E-state index is 12.0. The lowest BCUT2D eigenvalue weighted by Gasteiger charge is -2.13. The average molecular weight is 339 g/mol. The molecule has 1 N–H and O–H groups in total. The SMILES string of the molecule is C[C@@H](OC(=O)c1cccnc1Cl)C(=O)Nc1ccc(Cl)cc1. The van der Waals surface area contributed by atoms with Crippen molar-refractivity contribution in [2.45, 2.75) is 13.0 Å². The van der Waals surface area contributed by atoms with Crippen LogP contribution in [0, 0.1) is 0 Å². The summed E-state index contributed by atoms with van der Waals surface area (Å²) < 4.78 is 5.07. The Morgan fingerprint density at radius 2 is 1.86 bits per heavy atom. The van der Waals surface area contributed by atoms with E-state index in [4.69, 9.17) is 27.9 Å². The molecule has 7 heteroatoms. The van der Waals surface area contributed by atoms with Gasteiger partial charge in [-0.05, 0) is 43.3 Å². The van der Waals surface area contributed by atoms with Crippen molar-refractivity contribution >= 4 is 40.8 Å². The number of anilines is 1. The molecule has 5 nitrogen and oxygen atoms in total. The number of halogens is 2. The number of esters is 1. The highest BCUT2D eigenvalue weighted by Crippen LogP contribution is 2.16. The third-order valence-corrected chi connectivity index (χ3v) is 3.30. The fraction of sp³-hybridized carbons (Fsp3) is 0.133. The van der Waals surface area contributed by atoms with E-state index in [9.17, 15) is 9.59 Å². The van der Waals surface area contributed by atoms with Crippen LogP contribution in [0.2, 0.25) is 10.2 Å². The number of carbonyl (C=O) groups is 2. The van der Waals surface area contributed by atoms with Crippen molar-refractivity contribution < 1.29 is 14.3 Å². The first-order valence-electron chi connectivity index (χ1n) is 6.35. The zero-order valence-electron chi connectivity index (χ0n) is 11.5. The van der Waals surface area contributed by atoms with E-state index < -0.39 is 18.0 Å². The topological polar surface area (TPSA) is 68.3 Å². The second-order valence-corrected chi connectivity index (χ2v) is 5.18. The summed E-state index contributed by atoms with van der Waals surface area (Å²) in [4.78, 5) is 27.7. The van der Waals surface area contributed by atoms with E-state index in [0.717, 1.165) is 0 Å². The number of amides is 1. The van der Waals surface area contributed by atoms with E-state index in [1.54, 1.807) is 30.3 Å². The molecule has 1 amide bonds. The van der Waals surface area contributed by atoms with Crippen molar-refractivity contribution in [3.8, 4) is 0 Å². The summed E-state index contributed by atoms with van der Waals surface area (Å²) in [6.45, 7) is 1.47. The fourth-order valence-electron chi connectivity index (χ4n) is 1.59. The molecule has 0 bridgehead atoms.